The first-order valence-electron chi connectivity index (χ1n) is 7.50. The fraction of sp³-hybridized carbons (Fsp3) is 0.800. The van der Waals surface area contributed by atoms with Gasteiger partial charge < -0.3 is 9.26 Å². The second kappa shape index (κ2) is 7.99. The van der Waals surface area contributed by atoms with Gasteiger partial charge in [0, 0.05) is 11.7 Å². The van der Waals surface area contributed by atoms with E-state index in [1.165, 1.54) is 0 Å². The van der Waals surface area contributed by atoms with E-state index in [2.05, 4.69) is 0 Å². The van der Waals surface area contributed by atoms with Gasteiger partial charge in [-0.2, -0.15) is 0 Å². The smallest absolute Gasteiger partial charge is 0.334 e. The van der Waals surface area contributed by atoms with Crippen LogP contribution in [0.15, 0.2) is 11.6 Å². The van der Waals surface area contributed by atoms with E-state index in [1.807, 2.05) is 26.8 Å². The fourth-order valence-electron chi connectivity index (χ4n) is 2.17. The number of carbonyl (C=O) groups is 1. The van der Waals surface area contributed by atoms with Crippen molar-refractivity contribution in [3.05, 3.63) is 11.6 Å². The van der Waals surface area contributed by atoms with E-state index in [-0.39, 0.29) is 18.0 Å². The Balaban J connectivity index is 2.84. The number of carbonyl (C=O) groups excluding carboxylic acids is 1. The number of esters is 1. The van der Waals surface area contributed by atoms with Crippen molar-refractivity contribution < 1.29 is 18.6 Å². The molecular formula is C15H27O4P. The van der Waals surface area contributed by atoms with Gasteiger partial charge in [0.15, 0.2) is 0 Å². The van der Waals surface area contributed by atoms with E-state index >= 15 is 0 Å². The summed E-state index contributed by atoms with van der Waals surface area (Å²) < 4.78 is 23.5. The first-order chi connectivity index (χ1) is 9.40. The van der Waals surface area contributed by atoms with Gasteiger partial charge in [-0.15, -0.1) is 0 Å². The van der Waals surface area contributed by atoms with Crippen molar-refractivity contribution in [1.82, 2.24) is 0 Å². The summed E-state index contributed by atoms with van der Waals surface area (Å²) in [6.07, 6.45) is 4.85. The zero-order chi connectivity index (χ0) is 15.2. The van der Waals surface area contributed by atoms with Gasteiger partial charge in [-0.25, -0.2) is 4.79 Å². The summed E-state index contributed by atoms with van der Waals surface area (Å²) in [5.74, 6) is 0.378. The topological polar surface area (TPSA) is 52.6 Å². The summed E-state index contributed by atoms with van der Waals surface area (Å²) in [6, 6.07) is 0. The maximum absolute atomic E-state index is 12.9. The quantitative estimate of drug-likeness (QED) is 0.369. The molecule has 0 amide bonds. The Kier molecular flexibility index (Phi) is 6.97. The van der Waals surface area contributed by atoms with Crippen LogP contribution in [-0.4, -0.2) is 31.5 Å². The van der Waals surface area contributed by atoms with Gasteiger partial charge in [0.2, 0.25) is 7.37 Å². The molecule has 1 fully saturated rings. The zero-order valence-corrected chi connectivity index (χ0v) is 13.9. The van der Waals surface area contributed by atoms with E-state index in [9.17, 15) is 9.36 Å². The van der Waals surface area contributed by atoms with Crippen molar-refractivity contribution >= 4 is 13.3 Å². The summed E-state index contributed by atoms with van der Waals surface area (Å²) >= 11 is 0. The molecule has 0 aliphatic heterocycles. The van der Waals surface area contributed by atoms with Crippen molar-refractivity contribution in [2.45, 2.75) is 40.5 Å². The minimum atomic E-state index is -2.81. The third-order valence-electron chi connectivity index (χ3n) is 3.02. The van der Waals surface area contributed by atoms with Crippen LogP contribution in [0.25, 0.3) is 0 Å². The highest BCUT2D eigenvalue weighted by Gasteiger charge is 2.30. The predicted octanol–water partition coefficient (Wildman–Crippen LogP) is 3.86. The molecule has 5 heteroatoms. The first-order valence-corrected chi connectivity index (χ1v) is 9.50. The normalized spacial score (nSPS) is 18.9. The molecule has 0 saturated heterocycles. The van der Waals surface area contributed by atoms with Gasteiger partial charge in [-0.1, -0.05) is 19.9 Å². The van der Waals surface area contributed by atoms with Crippen LogP contribution in [0.2, 0.25) is 0 Å². The summed E-state index contributed by atoms with van der Waals surface area (Å²) in [4.78, 5) is 12.0. The van der Waals surface area contributed by atoms with Gasteiger partial charge in [0.05, 0.1) is 19.4 Å². The maximum atomic E-state index is 12.9. The van der Waals surface area contributed by atoms with Gasteiger partial charge in [0.1, 0.15) is 0 Å². The van der Waals surface area contributed by atoms with Crippen molar-refractivity contribution in [3.63, 3.8) is 0 Å². The Morgan fingerprint density at radius 1 is 1.30 bits per heavy atom. The van der Waals surface area contributed by atoms with E-state index in [1.54, 1.807) is 6.92 Å². The lowest BCUT2D eigenvalue weighted by Crippen LogP contribution is -2.15. The molecule has 0 heterocycles. The van der Waals surface area contributed by atoms with Crippen molar-refractivity contribution in [2.75, 3.05) is 25.5 Å². The summed E-state index contributed by atoms with van der Waals surface area (Å²) in [5, 5.41) is 0. The molecule has 0 bridgehead atoms. The number of allylic oxidation sites excluding steroid dienone is 1. The van der Waals surface area contributed by atoms with Gasteiger partial charge in [0.25, 0.3) is 0 Å². The minimum Gasteiger partial charge on any atom is -0.463 e. The molecule has 1 saturated carbocycles. The molecule has 1 aliphatic carbocycles. The Hall–Kier alpha value is -0.600. The summed E-state index contributed by atoms with van der Waals surface area (Å²) in [5.41, 5.74) is 0.534. The average molecular weight is 302 g/mol. The van der Waals surface area contributed by atoms with Crippen molar-refractivity contribution in [3.8, 4) is 0 Å². The third kappa shape index (κ3) is 6.23. The number of ether oxygens (including phenoxy) is 1. The number of hydrogen-bond acceptors (Lipinski definition) is 4. The molecular weight excluding hydrogens is 275 g/mol. The minimum absolute atomic E-state index is 0.203. The van der Waals surface area contributed by atoms with Crippen LogP contribution in [0, 0.1) is 11.8 Å². The monoisotopic (exact) mass is 302 g/mol. The molecule has 0 aromatic heterocycles. The molecule has 116 valence electrons. The zero-order valence-electron chi connectivity index (χ0n) is 13.1. The molecule has 1 unspecified atom stereocenters. The second-order valence-corrected chi connectivity index (χ2v) is 8.29. The molecule has 0 N–H and O–H groups in total. The van der Waals surface area contributed by atoms with Crippen LogP contribution in [0.3, 0.4) is 0 Å². The SMILES string of the molecule is CCOC(=O)C(=CC1CC1)CP(=O)(CC(C)C)OCC. The Morgan fingerprint density at radius 3 is 2.40 bits per heavy atom. The van der Waals surface area contributed by atoms with Crippen LogP contribution >= 0.6 is 7.37 Å². The first kappa shape index (κ1) is 17.5. The van der Waals surface area contributed by atoms with E-state index in [4.69, 9.17) is 9.26 Å². The van der Waals surface area contributed by atoms with Crippen LogP contribution in [0.5, 0.6) is 0 Å². The molecule has 20 heavy (non-hydrogen) atoms. The van der Waals surface area contributed by atoms with E-state index in [0.29, 0.717) is 30.9 Å². The van der Waals surface area contributed by atoms with Gasteiger partial charge in [-0.05, 0) is 38.5 Å². The standard InChI is InChI=1S/C15H27O4P/c1-5-18-15(16)14(9-13-7-8-13)11-20(17,19-6-2)10-12(3)4/h9,12-13H,5-8,10-11H2,1-4H3. The average Bonchev–Trinajstić information content (AvgIpc) is 3.11. The lowest BCUT2D eigenvalue weighted by atomic mass is 10.2. The molecule has 0 aromatic rings. The second-order valence-electron chi connectivity index (χ2n) is 5.72. The molecule has 4 nitrogen and oxygen atoms in total. The highest BCUT2D eigenvalue weighted by molar-refractivity contribution is 7.59. The Bertz CT molecular complexity index is 397. The predicted molar refractivity (Wildman–Crippen MR) is 81.2 cm³/mol. The molecule has 0 radical (unpaired) electrons. The van der Waals surface area contributed by atoms with Crippen LogP contribution in [0.1, 0.15) is 40.5 Å². The summed E-state index contributed by atoms with van der Waals surface area (Å²) in [6.45, 7) is 8.39. The van der Waals surface area contributed by atoms with Crippen LogP contribution < -0.4 is 0 Å². The van der Waals surface area contributed by atoms with Gasteiger partial charge in [-0.3, -0.25) is 4.57 Å². The highest BCUT2D eigenvalue weighted by Crippen LogP contribution is 2.50. The molecule has 1 aliphatic rings. The Labute approximate surface area is 122 Å². The van der Waals surface area contributed by atoms with E-state index in [0.717, 1.165) is 12.8 Å². The molecule has 0 aromatic carbocycles. The number of rotatable bonds is 9. The Morgan fingerprint density at radius 2 is 1.95 bits per heavy atom. The summed E-state index contributed by atoms with van der Waals surface area (Å²) in [7, 11) is -2.81. The molecule has 1 atom stereocenters. The van der Waals surface area contributed by atoms with Crippen molar-refractivity contribution in [1.29, 1.82) is 0 Å². The fourth-order valence-corrected chi connectivity index (χ4v) is 4.83. The molecule has 0 spiro atoms. The van der Waals surface area contributed by atoms with Gasteiger partial charge >= 0.3 is 5.97 Å². The van der Waals surface area contributed by atoms with Crippen LogP contribution in [0.4, 0.5) is 0 Å². The number of hydrogen-bond donors (Lipinski definition) is 0. The highest BCUT2D eigenvalue weighted by atomic mass is 31.2. The molecule has 1 rings (SSSR count). The van der Waals surface area contributed by atoms with Crippen LogP contribution in [-0.2, 0) is 18.6 Å². The lowest BCUT2D eigenvalue weighted by molar-refractivity contribution is -0.138. The largest absolute Gasteiger partial charge is 0.463 e. The van der Waals surface area contributed by atoms with Crippen molar-refractivity contribution in [2.24, 2.45) is 11.8 Å². The third-order valence-corrected chi connectivity index (χ3v) is 5.85. The lowest BCUT2D eigenvalue weighted by Gasteiger charge is -2.20. The maximum Gasteiger partial charge on any atom is 0.334 e. The van der Waals surface area contributed by atoms with E-state index < -0.39 is 7.37 Å².